The number of hydrogen-bond donors (Lipinski definition) is 2. The first-order valence-corrected chi connectivity index (χ1v) is 10.7. The summed E-state index contributed by atoms with van der Waals surface area (Å²) in [7, 11) is 0. The first kappa shape index (κ1) is 20.8. The quantitative estimate of drug-likeness (QED) is 0.776. The van der Waals surface area contributed by atoms with Gasteiger partial charge in [-0.2, -0.15) is 0 Å². The number of nitrogens with one attached hydrogen (secondary N) is 2. The molecule has 0 bridgehead atoms. The lowest BCUT2D eigenvalue weighted by molar-refractivity contribution is -0.114. The Morgan fingerprint density at radius 3 is 2.52 bits per heavy atom. The minimum absolute atomic E-state index is 0.00207. The topological polar surface area (TPSA) is 74.3 Å². The van der Waals surface area contributed by atoms with Crippen LogP contribution in [0.1, 0.15) is 38.4 Å². The molecule has 1 aliphatic carbocycles. The van der Waals surface area contributed by atoms with Crippen molar-refractivity contribution in [1.29, 1.82) is 0 Å². The van der Waals surface area contributed by atoms with E-state index in [1.54, 1.807) is 0 Å². The fraction of sp³-hybridized carbons (Fsp3) is 0.320. The Morgan fingerprint density at radius 1 is 1.10 bits per heavy atom. The van der Waals surface area contributed by atoms with Crippen LogP contribution in [0.3, 0.4) is 0 Å². The third kappa shape index (κ3) is 4.68. The van der Waals surface area contributed by atoms with Crippen LogP contribution in [0.5, 0.6) is 0 Å². The van der Waals surface area contributed by atoms with Crippen LogP contribution in [-0.2, 0) is 11.2 Å². The Hall–Kier alpha value is -3.41. The van der Waals surface area contributed by atoms with Gasteiger partial charge >= 0.3 is 6.03 Å². The molecule has 3 amide bonds. The van der Waals surface area contributed by atoms with Gasteiger partial charge in [0.25, 0.3) is 0 Å². The van der Waals surface area contributed by atoms with Crippen molar-refractivity contribution < 1.29 is 9.59 Å². The Labute approximate surface area is 183 Å². The lowest BCUT2D eigenvalue weighted by Gasteiger charge is -2.28. The molecule has 1 aromatic carbocycles. The van der Waals surface area contributed by atoms with Crippen LogP contribution >= 0.6 is 0 Å². The van der Waals surface area contributed by atoms with Crippen molar-refractivity contribution in [1.82, 2.24) is 15.2 Å². The van der Waals surface area contributed by atoms with E-state index in [2.05, 4.69) is 28.9 Å². The van der Waals surface area contributed by atoms with Crippen LogP contribution in [0.15, 0.2) is 54.3 Å². The van der Waals surface area contributed by atoms with Gasteiger partial charge in [-0.3, -0.25) is 9.78 Å². The van der Waals surface area contributed by atoms with Gasteiger partial charge in [-0.1, -0.05) is 24.3 Å². The number of fused-ring (bicyclic) bond motifs is 1. The van der Waals surface area contributed by atoms with Crippen LogP contribution in [0.2, 0.25) is 0 Å². The number of hydrogen-bond acceptors (Lipinski definition) is 3. The zero-order valence-corrected chi connectivity index (χ0v) is 18.2. The van der Waals surface area contributed by atoms with Crippen molar-refractivity contribution >= 4 is 23.2 Å². The predicted molar refractivity (Wildman–Crippen MR) is 124 cm³/mol. The number of aromatic nitrogens is 1. The highest BCUT2D eigenvalue weighted by Crippen LogP contribution is 2.36. The van der Waals surface area contributed by atoms with Gasteiger partial charge in [-0.05, 0) is 55.2 Å². The third-order valence-corrected chi connectivity index (χ3v) is 5.55. The number of rotatable bonds is 4. The normalized spacial score (nSPS) is 15.3. The van der Waals surface area contributed by atoms with Gasteiger partial charge in [0.2, 0.25) is 5.91 Å². The van der Waals surface area contributed by atoms with E-state index in [4.69, 9.17) is 4.98 Å². The first-order valence-electron chi connectivity index (χ1n) is 10.7. The second kappa shape index (κ2) is 8.76. The molecule has 1 aromatic heterocycles. The molecule has 6 nitrogen and oxygen atoms in total. The summed E-state index contributed by atoms with van der Waals surface area (Å²) in [6.07, 6.45) is 8.00. The fourth-order valence-electron chi connectivity index (χ4n) is 4.05. The van der Waals surface area contributed by atoms with Gasteiger partial charge in [-0.25, -0.2) is 4.79 Å². The van der Waals surface area contributed by atoms with E-state index in [9.17, 15) is 9.59 Å². The standard InChI is InChI=1S/C25H28N4O2/c1-16(2)27-25(31)29-12-10-19(11-13-29)22-8-9-24-23(22)14-20(15-26-24)18-4-6-21(7-5-18)28-17(3)30/h4-8,10,14-16H,9,11-13H2,1-3H3,(H,27,31)(H,28,30). The monoisotopic (exact) mass is 416 g/mol. The van der Waals surface area contributed by atoms with Gasteiger partial charge in [0.15, 0.2) is 0 Å². The SMILES string of the molecule is CC(=O)Nc1ccc(-c2cnc3c(c2)C(C2=CCN(C(=O)NC(C)C)CC2)=CC3)cc1. The zero-order valence-electron chi connectivity index (χ0n) is 18.2. The summed E-state index contributed by atoms with van der Waals surface area (Å²) in [4.78, 5) is 30.0. The summed E-state index contributed by atoms with van der Waals surface area (Å²) < 4.78 is 0. The number of nitrogens with zero attached hydrogens (tertiary/aromatic N) is 2. The van der Waals surface area contributed by atoms with Gasteiger partial charge in [-0.15, -0.1) is 0 Å². The second-order valence-electron chi connectivity index (χ2n) is 8.33. The molecule has 0 saturated carbocycles. The molecular formula is C25H28N4O2. The van der Waals surface area contributed by atoms with E-state index in [0.29, 0.717) is 6.54 Å². The fourth-order valence-corrected chi connectivity index (χ4v) is 4.05. The van der Waals surface area contributed by atoms with Crippen molar-refractivity contribution in [2.24, 2.45) is 0 Å². The highest BCUT2D eigenvalue weighted by Gasteiger charge is 2.24. The van der Waals surface area contributed by atoms with Crippen LogP contribution in [-0.4, -0.2) is 41.0 Å². The van der Waals surface area contributed by atoms with Crippen LogP contribution in [0, 0.1) is 0 Å². The molecule has 0 saturated heterocycles. The highest BCUT2D eigenvalue weighted by atomic mass is 16.2. The van der Waals surface area contributed by atoms with Gasteiger partial charge in [0.05, 0.1) is 5.69 Å². The maximum atomic E-state index is 12.3. The number of amides is 3. The van der Waals surface area contributed by atoms with E-state index < -0.39 is 0 Å². The number of carbonyl (C=O) groups is 2. The molecule has 160 valence electrons. The van der Waals surface area contributed by atoms with Gasteiger partial charge in [0.1, 0.15) is 0 Å². The summed E-state index contributed by atoms with van der Waals surface area (Å²) in [5.74, 6) is -0.0808. The maximum absolute atomic E-state index is 12.3. The number of urea groups is 1. The van der Waals surface area contributed by atoms with Crippen molar-refractivity contribution in [2.75, 3.05) is 18.4 Å². The summed E-state index contributed by atoms with van der Waals surface area (Å²) in [6, 6.07) is 10.1. The molecule has 4 rings (SSSR count). The Kier molecular flexibility index (Phi) is 5.89. The smallest absolute Gasteiger partial charge is 0.317 e. The number of carbonyl (C=O) groups excluding carboxylic acids is 2. The Bertz CT molecular complexity index is 1070. The molecule has 0 atom stereocenters. The number of allylic oxidation sites excluding steroid dienone is 2. The third-order valence-electron chi connectivity index (χ3n) is 5.55. The number of benzene rings is 1. The lowest BCUT2D eigenvalue weighted by Crippen LogP contribution is -2.44. The van der Waals surface area contributed by atoms with Crippen LogP contribution < -0.4 is 10.6 Å². The molecule has 2 aromatic rings. The lowest BCUT2D eigenvalue weighted by atomic mass is 9.94. The summed E-state index contributed by atoms with van der Waals surface area (Å²) in [5.41, 5.74) is 7.68. The van der Waals surface area contributed by atoms with Gasteiger partial charge in [0, 0.05) is 55.5 Å². The maximum Gasteiger partial charge on any atom is 0.317 e. The molecule has 2 aliphatic rings. The molecule has 2 N–H and O–H groups in total. The van der Waals surface area contributed by atoms with Crippen molar-refractivity contribution in [3.05, 3.63) is 65.5 Å². The minimum atomic E-state index is -0.0808. The number of anilines is 1. The molecular weight excluding hydrogens is 388 g/mol. The number of pyridine rings is 1. The molecule has 31 heavy (non-hydrogen) atoms. The van der Waals surface area contributed by atoms with Crippen LogP contribution in [0.4, 0.5) is 10.5 Å². The molecule has 0 unspecified atom stereocenters. The Balaban J connectivity index is 1.52. The van der Waals surface area contributed by atoms with E-state index in [-0.39, 0.29) is 18.0 Å². The highest BCUT2D eigenvalue weighted by molar-refractivity contribution is 5.89. The Morgan fingerprint density at radius 2 is 1.87 bits per heavy atom. The largest absolute Gasteiger partial charge is 0.336 e. The minimum Gasteiger partial charge on any atom is -0.336 e. The molecule has 2 heterocycles. The summed E-state index contributed by atoms with van der Waals surface area (Å²) >= 11 is 0. The first-order chi connectivity index (χ1) is 14.9. The molecule has 0 radical (unpaired) electrons. The van der Waals surface area contributed by atoms with Crippen molar-refractivity contribution in [3.8, 4) is 11.1 Å². The van der Waals surface area contributed by atoms with Crippen LogP contribution in [0.25, 0.3) is 16.7 Å². The van der Waals surface area contributed by atoms with Crippen molar-refractivity contribution in [3.63, 3.8) is 0 Å². The summed E-state index contributed by atoms with van der Waals surface area (Å²) in [5, 5.41) is 5.76. The zero-order chi connectivity index (χ0) is 22.0. The van der Waals surface area contributed by atoms with Crippen molar-refractivity contribution in [2.45, 2.75) is 39.7 Å². The van der Waals surface area contributed by atoms with E-state index in [0.717, 1.165) is 41.9 Å². The van der Waals surface area contributed by atoms with E-state index >= 15 is 0 Å². The van der Waals surface area contributed by atoms with E-state index in [1.807, 2.05) is 49.2 Å². The van der Waals surface area contributed by atoms with Gasteiger partial charge < -0.3 is 15.5 Å². The molecule has 1 aliphatic heterocycles. The molecule has 0 spiro atoms. The average molecular weight is 417 g/mol. The van der Waals surface area contributed by atoms with E-state index in [1.165, 1.54) is 23.6 Å². The molecule has 6 heteroatoms. The summed E-state index contributed by atoms with van der Waals surface area (Å²) in [6.45, 7) is 6.79. The predicted octanol–water partition coefficient (Wildman–Crippen LogP) is 4.40. The second-order valence-corrected chi connectivity index (χ2v) is 8.33. The molecule has 0 fully saturated rings. The average Bonchev–Trinajstić information content (AvgIpc) is 3.17.